The summed E-state index contributed by atoms with van der Waals surface area (Å²) >= 11 is 0. The molecule has 23 heavy (non-hydrogen) atoms. The van der Waals surface area contributed by atoms with Crippen molar-refractivity contribution < 1.29 is 18.7 Å². The first-order valence-corrected chi connectivity index (χ1v) is 7.99. The molecule has 1 amide bonds. The van der Waals surface area contributed by atoms with Crippen molar-refractivity contribution in [2.75, 3.05) is 20.1 Å². The Labute approximate surface area is 135 Å². The molecule has 1 N–H and O–H groups in total. The maximum atomic E-state index is 13.3. The largest absolute Gasteiger partial charge is 0.390 e. The molecule has 128 valence electrons. The minimum atomic E-state index is -1.02. The maximum absolute atomic E-state index is 13.3. The monoisotopic (exact) mass is 326 g/mol. The Balaban J connectivity index is 2.08. The summed E-state index contributed by atoms with van der Waals surface area (Å²) in [5, 5.41) is 9.61. The van der Waals surface area contributed by atoms with E-state index in [1.807, 2.05) is 13.8 Å². The van der Waals surface area contributed by atoms with Crippen LogP contribution in [-0.2, 0) is 0 Å². The van der Waals surface area contributed by atoms with Gasteiger partial charge in [-0.1, -0.05) is 13.3 Å². The molecular weight excluding hydrogens is 302 g/mol. The fourth-order valence-corrected chi connectivity index (χ4v) is 2.92. The van der Waals surface area contributed by atoms with Gasteiger partial charge in [-0.25, -0.2) is 8.78 Å². The van der Waals surface area contributed by atoms with Gasteiger partial charge in [0.2, 0.25) is 0 Å². The van der Waals surface area contributed by atoms with E-state index in [4.69, 9.17) is 0 Å². The highest BCUT2D eigenvalue weighted by Gasteiger charge is 2.36. The highest BCUT2D eigenvalue weighted by molar-refractivity contribution is 5.94. The molecule has 0 radical (unpaired) electrons. The third kappa shape index (κ3) is 3.87. The Morgan fingerprint density at radius 1 is 1.43 bits per heavy atom. The number of rotatable bonds is 6. The molecule has 1 aromatic rings. The number of amides is 1. The molecule has 1 aliphatic rings. The van der Waals surface area contributed by atoms with Crippen LogP contribution < -0.4 is 0 Å². The predicted molar refractivity (Wildman–Crippen MR) is 84.2 cm³/mol. The van der Waals surface area contributed by atoms with Crippen LogP contribution in [0.1, 0.15) is 37.0 Å². The van der Waals surface area contributed by atoms with E-state index in [2.05, 4.69) is 4.90 Å². The number of hydrogen-bond acceptors (Lipinski definition) is 3. The zero-order valence-electron chi connectivity index (χ0n) is 13.8. The highest BCUT2D eigenvalue weighted by atomic mass is 19.2. The van der Waals surface area contributed by atoms with Crippen molar-refractivity contribution in [1.29, 1.82) is 0 Å². The molecular formula is C17H24F2N2O2. The van der Waals surface area contributed by atoms with Crippen LogP contribution >= 0.6 is 0 Å². The maximum Gasteiger partial charge on any atom is 0.253 e. The van der Waals surface area contributed by atoms with Crippen molar-refractivity contribution in [2.24, 2.45) is 0 Å². The summed E-state index contributed by atoms with van der Waals surface area (Å²) in [5.41, 5.74) is 0.143. The first-order chi connectivity index (χ1) is 10.8. The van der Waals surface area contributed by atoms with Gasteiger partial charge in [-0.3, -0.25) is 9.69 Å². The molecule has 1 aliphatic heterocycles. The first kappa shape index (κ1) is 17.8. The summed E-state index contributed by atoms with van der Waals surface area (Å²) in [7, 11) is 1.69. The number of hydrogen-bond donors (Lipinski definition) is 1. The SMILES string of the molecule is CCCC(CN1C[C@H](O)[C@@H]1C)N(C)C(=O)c1ccc(F)c(F)c1. The van der Waals surface area contributed by atoms with Crippen molar-refractivity contribution in [3.05, 3.63) is 35.4 Å². The van der Waals surface area contributed by atoms with Gasteiger partial charge in [0.05, 0.1) is 6.10 Å². The van der Waals surface area contributed by atoms with E-state index in [1.54, 1.807) is 11.9 Å². The van der Waals surface area contributed by atoms with Crippen molar-refractivity contribution in [1.82, 2.24) is 9.80 Å². The van der Waals surface area contributed by atoms with Crippen molar-refractivity contribution in [3.63, 3.8) is 0 Å². The van der Waals surface area contributed by atoms with Crippen LogP contribution in [0.5, 0.6) is 0 Å². The number of aliphatic hydroxyl groups excluding tert-OH is 1. The fourth-order valence-electron chi connectivity index (χ4n) is 2.92. The number of aliphatic hydroxyl groups is 1. The zero-order chi connectivity index (χ0) is 17.1. The molecule has 0 aromatic heterocycles. The van der Waals surface area contributed by atoms with Gasteiger partial charge in [-0.15, -0.1) is 0 Å². The van der Waals surface area contributed by atoms with Crippen LogP contribution in [-0.4, -0.2) is 59.1 Å². The number of benzene rings is 1. The van der Waals surface area contributed by atoms with E-state index in [9.17, 15) is 18.7 Å². The van der Waals surface area contributed by atoms with Crippen molar-refractivity contribution in [3.8, 4) is 0 Å². The molecule has 4 nitrogen and oxygen atoms in total. The first-order valence-electron chi connectivity index (χ1n) is 7.99. The van der Waals surface area contributed by atoms with Crippen molar-refractivity contribution >= 4 is 5.91 Å². The van der Waals surface area contributed by atoms with E-state index in [-0.39, 0.29) is 29.7 Å². The lowest BCUT2D eigenvalue weighted by molar-refractivity contribution is -0.0614. The molecule has 6 heteroatoms. The van der Waals surface area contributed by atoms with Gasteiger partial charge in [-0.2, -0.15) is 0 Å². The van der Waals surface area contributed by atoms with Crippen LogP contribution in [0.4, 0.5) is 8.78 Å². The Morgan fingerprint density at radius 3 is 2.65 bits per heavy atom. The molecule has 0 spiro atoms. The van der Waals surface area contributed by atoms with Gasteiger partial charge in [0, 0.05) is 37.8 Å². The summed E-state index contributed by atoms with van der Waals surface area (Å²) < 4.78 is 26.4. The normalized spacial score (nSPS) is 22.5. The van der Waals surface area contributed by atoms with Crippen LogP contribution in [0.25, 0.3) is 0 Å². The van der Waals surface area contributed by atoms with E-state index < -0.39 is 11.6 Å². The van der Waals surface area contributed by atoms with Crippen LogP contribution in [0.3, 0.4) is 0 Å². The Bertz CT molecular complexity index is 568. The number of carbonyl (C=O) groups is 1. The molecule has 1 saturated heterocycles. The Hall–Kier alpha value is -1.53. The summed E-state index contributed by atoms with van der Waals surface area (Å²) in [6.45, 7) is 5.26. The summed E-state index contributed by atoms with van der Waals surface area (Å²) in [6, 6.07) is 3.26. The smallest absolute Gasteiger partial charge is 0.253 e. The quantitative estimate of drug-likeness (QED) is 0.872. The molecule has 0 saturated carbocycles. The number of carbonyl (C=O) groups excluding carboxylic acids is 1. The van der Waals surface area contributed by atoms with E-state index in [0.717, 1.165) is 25.0 Å². The van der Waals surface area contributed by atoms with Gasteiger partial charge in [0.15, 0.2) is 11.6 Å². The minimum absolute atomic E-state index is 0.0319. The molecule has 3 atom stereocenters. The molecule has 1 aromatic carbocycles. The van der Waals surface area contributed by atoms with Crippen LogP contribution in [0.15, 0.2) is 18.2 Å². The lowest BCUT2D eigenvalue weighted by Gasteiger charge is -2.46. The number of halogens is 2. The van der Waals surface area contributed by atoms with Crippen LogP contribution in [0.2, 0.25) is 0 Å². The molecule has 1 unspecified atom stereocenters. The average Bonchev–Trinajstić information content (AvgIpc) is 2.54. The Kier molecular flexibility index (Phi) is 5.70. The second kappa shape index (κ2) is 7.36. The number of likely N-dealkylation sites (tertiary alicyclic amines) is 1. The third-order valence-electron chi connectivity index (χ3n) is 4.66. The van der Waals surface area contributed by atoms with Gasteiger partial charge in [-0.05, 0) is 31.5 Å². The van der Waals surface area contributed by atoms with Gasteiger partial charge < -0.3 is 10.0 Å². The molecule has 0 aliphatic carbocycles. The molecule has 1 fully saturated rings. The molecule has 2 rings (SSSR count). The second-order valence-corrected chi connectivity index (χ2v) is 6.25. The van der Waals surface area contributed by atoms with E-state index in [1.165, 1.54) is 6.07 Å². The highest BCUT2D eigenvalue weighted by Crippen LogP contribution is 2.21. The molecule has 1 heterocycles. The van der Waals surface area contributed by atoms with E-state index in [0.29, 0.717) is 13.1 Å². The number of β-amino-alcohol motifs (C(OH)–C–C–N with tert-alkyl or cyclic N) is 1. The molecule has 0 bridgehead atoms. The van der Waals surface area contributed by atoms with Gasteiger partial charge in [0.1, 0.15) is 0 Å². The lowest BCUT2D eigenvalue weighted by Crippen LogP contribution is -2.61. The predicted octanol–water partition coefficient (Wildman–Crippen LogP) is 2.27. The van der Waals surface area contributed by atoms with Crippen molar-refractivity contribution in [2.45, 2.75) is 44.9 Å². The summed E-state index contributed by atoms with van der Waals surface area (Å²) in [6.07, 6.45) is 1.40. The number of likely N-dealkylation sites (N-methyl/N-ethyl adjacent to an activating group) is 1. The number of nitrogens with zero attached hydrogens (tertiary/aromatic N) is 2. The zero-order valence-corrected chi connectivity index (χ0v) is 13.8. The van der Waals surface area contributed by atoms with Crippen LogP contribution in [0, 0.1) is 11.6 Å². The van der Waals surface area contributed by atoms with Gasteiger partial charge in [0.25, 0.3) is 5.91 Å². The Morgan fingerprint density at radius 2 is 2.13 bits per heavy atom. The third-order valence-corrected chi connectivity index (χ3v) is 4.66. The lowest BCUT2D eigenvalue weighted by atomic mass is 9.98. The average molecular weight is 326 g/mol. The minimum Gasteiger partial charge on any atom is -0.390 e. The second-order valence-electron chi connectivity index (χ2n) is 6.25. The topological polar surface area (TPSA) is 43.8 Å². The fraction of sp³-hybridized carbons (Fsp3) is 0.588. The summed E-state index contributed by atoms with van der Waals surface area (Å²) in [5.74, 6) is -2.30. The van der Waals surface area contributed by atoms with E-state index >= 15 is 0 Å². The standard InChI is InChI=1S/C17H24F2N2O2/c1-4-5-13(9-21-10-16(22)11(21)2)20(3)17(23)12-6-7-14(18)15(19)8-12/h6-8,11,13,16,22H,4-5,9-10H2,1-3H3/t11-,13?,16-/m0/s1. The van der Waals surface area contributed by atoms with Gasteiger partial charge >= 0.3 is 0 Å². The summed E-state index contributed by atoms with van der Waals surface area (Å²) in [4.78, 5) is 16.2.